The van der Waals surface area contributed by atoms with Gasteiger partial charge in [-0.15, -0.1) is 11.8 Å². The van der Waals surface area contributed by atoms with Gasteiger partial charge in [-0.2, -0.15) is 0 Å². The molecule has 30 heavy (non-hydrogen) atoms. The number of anilines is 2. The minimum Gasteiger partial charge on any atom is -0.326 e. The minimum atomic E-state index is -0.0138. The molecule has 1 N–H and O–H groups in total. The Hall–Kier alpha value is -2.27. The van der Waals surface area contributed by atoms with Gasteiger partial charge in [0.2, 0.25) is 11.8 Å². The molecule has 3 aliphatic rings. The molecule has 5 heteroatoms. The molecule has 1 saturated heterocycles. The first-order chi connectivity index (χ1) is 14.7. The van der Waals surface area contributed by atoms with E-state index in [1.807, 2.05) is 29.2 Å². The highest BCUT2D eigenvalue weighted by molar-refractivity contribution is 8.00. The third kappa shape index (κ3) is 3.87. The molecule has 1 atom stereocenters. The second-order valence-electron chi connectivity index (χ2n) is 8.68. The van der Waals surface area contributed by atoms with Crippen LogP contribution >= 0.6 is 11.8 Å². The molecular weight excluding hydrogens is 392 g/mol. The number of carbonyl (C=O) groups is 2. The largest absolute Gasteiger partial charge is 0.326 e. The van der Waals surface area contributed by atoms with Gasteiger partial charge in [-0.25, -0.2) is 0 Å². The minimum absolute atomic E-state index is 0.0138. The predicted octanol–water partition coefficient (Wildman–Crippen LogP) is 5.47. The van der Waals surface area contributed by atoms with E-state index < -0.39 is 0 Å². The zero-order chi connectivity index (χ0) is 20.5. The molecule has 1 aliphatic heterocycles. The Kier molecular flexibility index (Phi) is 5.55. The van der Waals surface area contributed by atoms with Gasteiger partial charge in [0, 0.05) is 17.3 Å². The molecule has 156 valence electrons. The molecule has 2 aromatic rings. The van der Waals surface area contributed by atoms with Crippen molar-refractivity contribution in [2.45, 2.75) is 56.7 Å². The highest BCUT2D eigenvalue weighted by Gasteiger charge is 2.34. The summed E-state index contributed by atoms with van der Waals surface area (Å²) in [6.07, 6.45) is 9.02. The molecule has 0 radical (unpaired) electrons. The van der Waals surface area contributed by atoms with Crippen LogP contribution in [0.5, 0.6) is 0 Å². The summed E-state index contributed by atoms with van der Waals surface area (Å²) in [6.45, 7) is 0. The van der Waals surface area contributed by atoms with E-state index in [-0.39, 0.29) is 23.1 Å². The summed E-state index contributed by atoms with van der Waals surface area (Å²) < 4.78 is 0. The lowest BCUT2D eigenvalue weighted by Crippen LogP contribution is -2.28. The molecule has 2 aromatic carbocycles. The average Bonchev–Trinajstić information content (AvgIpc) is 3.40. The van der Waals surface area contributed by atoms with Gasteiger partial charge in [0.1, 0.15) is 5.37 Å². The standard InChI is InChI=1S/C25H28N2O2S/c28-23-16-30-25(27(23)22-14-11-17-7-4-8-20(17)15-22)19-9-12-21(13-10-19)26-24(29)18-5-2-1-3-6-18/h9-15,18,25H,1-8,16H2,(H,26,29)/t25-/m1/s1. The number of benzene rings is 2. The first kappa shape index (κ1) is 19.7. The van der Waals surface area contributed by atoms with Crippen molar-refractivity contribution >= 4 is 35.0 Å². The summed E-state index contributed by atoms with van der Waals surface area (Å²) >= 11 is 1.67. The smallest absolute Gasteiger partial charge is 0.238 e. The number of amides is 2. The first-order valence-corrected chi connectivity index (χ1v) is 12.2. The van der Waals surface area contributed by atoms with Crippen LogP contribution in [0.2, 0.25) is 0 Å². The first-order valence-electron chi connectivity index (χ1n) is 11.2. The Morgan fingerprint density at radius 3 is 2.50 bits per heavy atom. The molecule has 1 heterocycles. The lowest BCUT2D eigenvalue weighted by molar-refractivity contribution is -0.120. The van der Waals surface area contributed by atoms with Crippen molar-refractivity contribution in [3.63, 3.8) is 0 Å². The molecule has 4 nitrogen and oxygen atoms in total. The van der Waals surface area contributed by atoms with Crippen LogP contribution < -0.4 is 10.2 Å². The fourth-order valence-corrected chi connectivity index (χ4v) is 6.18. The van der Waals surface area contributed by atoms with E-state index in [2.05, 4.69) is 23.5 Å². The molecule has 2 fully saturated rings. The molecular formula is C25H28N2O2S. The van der Waals surface area contributed by atoms with Gasteiger partial charge >= 0.3 is 0 Å². The number of fused-ring (bicyclic) bond motifs is 1. The van der Waals surface area contributed by atoms with Crippen molar-refractivity contribution in [2.75, 3.05) is 16.0 Å². The van der Waals surface area contributed by atoms with Gasteiger partial charge in [-0.05, 0) is 73.1 Å². The van der Waals surface area contributed by atoms with Gasteiger partial charge < -0.3 is 5.32 Å². The highest BCUT2D eigenvalue weighted by Crippen LogP contribution is 2.43. The molecule has 5 rings (SSSR count). The molecule has 0 bridgehead atoms. The number of hydrogen-bond donors (Lipinski definition) is 1. The Morgan fingerprint density at radius 1 is 0.933 bits per heavy atom. The third-order valence-corrected chi connectivity index (χ3v) is 7.88. The summed E-state index contributed by atoms with van der Waals surface area (Å²) in [6, 6.07) is 14.5. The number of aryl methyl sites for hydroxylation is 2. The lowest BCUT2D eigenvalue weighted by Gasteiger charge is -2.25. The zero-order valence-electron chi connectivity index (χ0n) is 17.2. The molecule has 1 saturated carbocycles. The maximum absolute atomic E-state index is 12.7. The van der Waals surface area contributed by atoms with Gasteiger partial charge in [-0.3, -0.25) is 14.5 Å². The van der Waals surface area contributed by atoms with Crippen molar-refractivity contribution in [1.29, 1.82) is 0 Å². The van der Waals surface area contributed by atoms with E-state index in [4.69, 9.17) is 0 Å². The molecule has 2 aliphatic carbocycles. The fraction of sp³-hybridized carbons (Fsp3) is 0.440. The van der Waals surface area contributed by atoms with E-state index in [9.17, 15) is 9.59 Å². The highest BCUT2D eigenvalue weighted by atomic mass is 32.2. The van der Waals surface area contributed by atoms with E-state index in [0.29, 0.717) is 5.75 Å². The zero-order valence-corrected chi connectivity index (χ0v) is 18.0. The van der Waals surface area contributed by atoms with Crippen LogP contribution in [0.25, 0.3) is 0 Å². The number of nitrogens with one attached hydrogen (secondary N) is 1. The van der Waals surface area contributed by atoms with E-state index in [0.717, 1.165) is 55.5 Å². The van der Waals surface area contributed by atoms with Crippen LogP contribution in [-0.4, -0.2) is 17.6 Å². The summed E-state index contributed by atoms with van der Waals surface area (Å²) in [4.78, 5) is 27.2. The monoisotopic (exact) mass is 420 g/mol. The Bertz CT molecular complexity index is 950. The summed E-state index contributed by atoms with van der Waals surface area (Å²) in [5, 5.41) is 3.07. The number of nitrogens with zero attached hydrogens (tertiary/aromatic N) is 1. The van der Waals surface area contributed by atoms with Crippen LogP contribution in [0.1, 0.15) is 60.6 Å². The van der Waals surface area contributed by atoms with Crippen molar-refractivity contribution in [3.8, 4) is 0 Å². The van der Waals surface area contributed by atoms with Gasteiger partial charge in [0.25, 0.3) is 0 Å². The molecule has 0 spiro atoms. The van der Waals surface area contributed by atoms with E-state index in [1.54, 1.807) is 11.8 Å². The topological polar surface area (TPSA) is 49.4 Å². The maximum atomic E-state index is 12.7. The Labute approximate surface area is 182 Å². The second kappa shape index (κ2) is 8.46. The number of rotatable bonds is 4. The van der Waals surface area contributed by atoms with Crippen molar-refractivity contribution in [2.24, 2.45) is 5.92 Å². The van der Waals surface area contributed by atoms with Gasteiger partial charge in [0.15, 0.2) is 0 Å². The van der Waals surface area contributed by atoms with Crippen LogP contribution in [0, 0.1) is 5.92 Å². The van der Waals surface area contributed by atoms with Gasteiger partial charge in [-0.1, -0.05) is 37.5 Å². The van der Waals surface area contributed by atoms with E-state index >= 15 is 0 Å². The number of hydrogen-bond acceptors (Lipinski definition) is 3. The predicted molar refractivity (Wildman–Crippen MR) is 123 cm³/mol. The quantitative estimate of drug-likeness (QED) is 0.713. The molecule has 0 aromatic heterocycles. The summed E-state index contributed by atoms with van der Waals surface area (Å²) in [7, 11) is 0. The second-order valence-corrected chi connectivity index (χ2v) is 9.75. The third-order valence-electron chi connectivity index (χ3n) is 6.67. The summed E-state index contributed by atoms with van der Waals surface area (Å²) in [5.41, 5.74) is 5.75. The summed E-state index contributed by atoms with van der Waals surface area (Å²) in [5.74, 6) is 0.962. The SMILES string of the molecule is O=C(Nc1ccc([C@H]2SCC(=O)N2c2ccc3c(c2)CCC3)cc1)C1CCCCC1. The molecule has 0 unspecified atom stereocenters. The molecule has 2 amide bonds. The van der Waals surface area contributed by atoms with Gasteiger partial charge in [0.05, 0.1) is 5.75 Å². The normalized spacial score (nSPS) is 21.7. The van der Waals surface area contributed by atoms with Crippen LogP contribution in [0.4, 0.5) is 11.4 Å². The van der Waals surface area contributed by atoms with Crippen molar-refractivity contribution < 1.29 is 9.59 Å². The van der Waals surface area contributed by atoms with E-state index in [1.165, 1.54) is 24.0 Å². The lowest BCUT2D eigenvalue weighted by atomic mass is 9.88. The van der Waals surface area contributed by atoms with Crippen LogP contribution in [0.15, 0.2) is 42.5 Å². The van der Waals surface area contributed by atoms with Crippen molar-refractivity contribution in [3.05, 3.63) is 59.2 Å². The Morgan fingerprint density at radius 2 is 1.70 bits per heavy atom. The van der Waals surface area contributed by atoms with Crippen LogP contribution in [0.3, 0.4) is 0 Å². The fourth-order valence-electron chi connectivity index (χ4n) is 5.00. The maximum Gasteiger partial charge on any atom is 0.238 e. The average molecular weight is 421 g/mol. The van der Waals surface area contributed by atoms with Crippen molar-refractivity contribution in [1.82, 2.24) is 0 Å². The number of carbonyl (C=O) groups excluding carboxylic acids is 2. The van der Waals surface area contributed by atoms with Crippen LogP contribution in [-0.2, 0) is 22.4 Å². The number of thioether (sulfide) groups is 1. The Balaban J connectivity index is 1.32.